The maximum atomic E-state index is 13.2. The summed E-state index contributed by atoms with van der Waals surface area (Å²) in [6.07, 6.45) is 7.22. The summed E-state index contributed by atoms with van der Waals surface area (Å²) in [4.78, 5) is 37.3. The molecule has 0 spiro atoms. The largest absolute Gasteiger partial charge is 0.452 e. The minimum Gasteiger partial charge on any atom is -0.452 e. The molecule has 9 heteroatoms. The zero-order chi connectivity index (χ0) is 23.3. The maximum absolute atomic E-state index is 13.2. The Hall–Kier alpha value is -3.85. The molecule has 0 fully saturated rings. The van der Waals surface area contributed by atoms with E-state index in [0.29, 0.717) is 17.2 Å². The van der Waals surface area contributed by atoms with Crippen LogP contribution in [-0.4, -0.2) is 38.2 Å². The van der Waals surface area contributed by atoms with Crippen molar-refractivity contribution < 1.29 is 14.3 Å². The summed E-state index contributed by atoms with van der Waals surface area (Å²) in [6, 6.07) is 16.5. The Morgan fingerprint density at radius 3 is 2.56 bits per heavy atom. The van der Waals surface area contributed by atoms with Gasteiger partial charge in [0.1, 0.15) is 12.7 Å². The monoisotopic (exact) mass is 473 g/mol. The molecule has 0 radical (unpaired) electrons. The van der Waals surface area contributed by atoms with Gasteiger partial charge in [0, 0.05) is 4.88 Å². The van der Waals surface area contributed by atoms with Gasteiger partial charge in [0.2, 0.25) is 0 Å². The third-order valence-corrected chi connectivity index (χ3v) is 6.84. The second kappa shape index (κ2) is 9.96. The number of benzene rings is 2. The molecule has 0 atom stereocenters. The van der Waals surface area contributed by atoms with E-state index >= 15 is 0 Å². The van der Waals surface area contributed by atoms with Crippen LogP contribution < -0.4 is 4.90 Å². The number of ether oxygens (including phenoxy) is 1. The molecule has 0 aliphatic heterocycles. The minimum atomic E-state index is -0.559. The fourth-order valence-corrected chi connectivity index (χ4v) is 5.03. The zero-order valence-electron chi connectivity index (χ0n) is 18.5. The molecule has 1 aliphatic rings. The van der Waals surface area contributed by atoms with Crippen molar-refractivity contribution in [2.75, 3.05) is 11.5 Å². The Bertz CT molecular complexity index is 1250. The lowest BCUT2D eigenvalue weighted by atomic mass is 10.0. The highest BCUT2D eigenvalue weighted by Gasteiger charge is 2.24. The van der Waals surface area contributed by atoms with Crippen molar-refractivity contribution in [1.29, 1.82) is 0 Å². The number of carbonyl (C=O) groups excluding carboxylic acids is 2. The summed E-state index contributed by atoms with van der Waals surface area (Å²) < 4.78 is 6.97. The van der Waals surface area contributed by atoms with Gasteiger partial charge in [0.15, 0.2) is 11.7 Å². The summed E-state index contributed by atoms with van der Waals surface area (Å²) in [5.41, 5.74) is 3.20. The number of fused-ring (bicyclic) bond motifs is 1. The number of carbonyl (C=O) groups is 2. The van der Waals surface area contributed by atoms with Crippen LogP contribution in [0.3, 0.4) is 0 Å². The van der Waals surface area contributed by atoms with Gasteiger partial charge in [0.25, 0.3) is 5.91 Å². The maximum Gasteiger partial charge on any atom is 0.338 e. The molecule has 172 valence electrons. The van der Waals surface area contributed by atoms with Crippen LogP contribution in [0.15, 0.2) is 67.3 Å². The van der Waals surface area contributed by atoms with Gasteiger partial charge in [-0.15, -0.1) is 11.3 Å². The van der Waals surface area contributed by atoms with Gasteiger partial charge < -0.3 is 4.74 Å². The fraction of sp³-hybridized carbons (Fsp3) is 0.240. The first-order chi connectivity index (χ1) is 16.7. The van der Waals surface area contributed by atoms with Gasteiger partial charge >= 0.3 is 5.97 Å². The number of rotatable bonds is 7. The number of nitrogens with zero attached hydrogens (tertiary/aromatic N) is 5. The predicted octanol–water partition coefficient (Wildman–Crippen LogP) is 3.99. The fourth-order valence-electron chi connectivity index (χ4n) is 3.86. The number of aromatic nitrogens is 4. The summed E-state index contributed by atoms with van der Waals surface area (Å²) >= 11 is 1.56. The number of amides is 1. The normalized spacial score (nSPS) is 12.7. The molecule has 2 heterocycles. The van der Waals surface area contributed by atoms with Gasteiger partial charge in [-0.1, -0.05) is 30.3 Å². The first kappa shape index (κ1) is 22.0. The van der Waals surface area contributed by atoms with Crippen LogP contribution in [0.2, 0.25) is 0 Å². The number of hydrogen-bond donors (Lipinski definition) is 0. The highest BCUT2D eigenvalue weighted by atomic mass is 32.1. The molecule has 34 heavy (non-hydrogen) atoms. The Morgan fingerprint density at radius 1 is 1.03 bits per heavy atom. The lowest BCUT2D eigenvalue weighted by molar-refractivity contribution is -0.121. The summed E-state index contributed by atoms with van der Waals surface area (Å²) in [5, 5.41) is 4.72. The Labute approximate surface area is 200 Å². The lowest BCUT2D eigenvalue weighted by Gasteiger charge is -2.20. The third-order valence-electron chi connectivity index (χ3n) is 5.66. The summed E-state index contributed by atoms with van der Waals surface area (Å²) in [7, 11) is 0. The molecular formula is C25H23N5O3S. The van der Waals surface area contributed by atoms with Crippen LogP contribution in [0.5, 0.6) is 0 Å². The first-order valence-electron chi connectivity index (χ1n) is 11.1. The smallest absolute Gasteiger partial charge is 0.338 e. The van der Waals surface area contributed by atoms with Crippen LogP contribution in [0.4, 0.5) is 5.13 Å². The minimum absolute atomic E-state index is 0.303. The third kappa shape index (κ3) is 4.89. The average Bonchev–Trinajstić information content (AvgIpc) is 3.57. The van der Waals surface area contributed by atoms with Crippen molar-refractivity contribution in [1.82, 2.24) is 19.7 Å². The molecular weight excluding hydrogens is 450 g/mol. The number of thiazole rings is 1. The molecule has 0 unspecified atom stereocenters. The van der Waals surface area contributed by atoms with E-state index in [4.69, 9.17) is 9.72 Å². The number of hydrogen-bond acceptors (Lipinski definition) is 7. The molecule has 2 aromatic carbocycles. The average molecular weight is 474 g/mol. The van der Waals surface area contributed by atoms with Crippen molar-refractivity contribution in [2.24, 2.45) is 0 Å². The first-order valence-corrected chi connectivity index (χ1v) is 11.9. The Balaban J connectivity index is 1.29. The van der Waals surface area contributed by atoms with Crippen molar-refractivity contribution in [3.8, 4) is 5.69 Å². The van der Waals surface area contributed by atoms with E-state index in [-0.39, 0.29) is 12.5 Å². The van der Waals surface area contributed by atoms with E-state index in [2.05, 4.69) is 10.1 Å². The molecule has 0 bridgehead atoms. The molecule has 4 aromatic rings. The summed E-state index contributed by atoms with van der Waals surface area (Å²) in [5.74, 6) is -0.862. The van der Waals surface area contributed by atoms with E-state index in [1.54, 1.807) is 51.5 Å². The molecule has 8 nitrogen and oxygen atoms in total. The zero-order valence-corrected chi connectivity index (χ0v) is 19.3. The van der Waals surface area contributed by atoms with Gasteiger partial charge in [-0.05, 0) is 55.5 Å². The molecule has 0 saturated carbocycles. The summed E-state index contributed by atoms with van der Waals surface area (Å²) in [6.45, 7) is 0.0109. The molecule has 0 N–H and O–H groups in total. The van der Waals surface area contributed by atoms with Crippen molar-refractivity contribution >= 4 is 28.3 Å². The second-order valence-electron chi connectivity index (χ2n) is 8.00. The predicted molar refractivity (Wildman–Crippen MR) is 128 cm³/mol. The SMILES string of the molecule is O=C(OCC(=O)N(Cc1ccccc1)c1nc2c(s1)CCCC2)c1ccc(-n2cncn2)cc1. The number of anilines is 1. The highest BCUT2D eigenvalue weighted by molar-refractivity contribution is 7.15. The van der Waals surface area contributed by atoms with E-state index in [1.807, 2.05) is 30.3 Å². The van der Waals surface area contributed by atoms with Crippen molar-refractivity contribution in [3.63, 3.8) is 0 Å². The number of esters is 1. The molecule has 0 saturated heterocycles. The van der Waals surface area contributed by atoms with E-state index < -0.39 is 5.97 Å². The number of aryl methyl sites for hydroxylation is 2. The topological polar surface area (TPSA) is 90.2 Å². The molecule has 1 amide bonds. The van der Waals surface area contributed by atoms with E-state index in [1.165, 1.54) is 11.2 Å². The van der Waals surface area contributed by atoms with Gasteiger partial charge in [-0.25, -0.2) is 19.4 Å². The van der Waals surface area contributed by atoms with E-state index in [0.717, 1.165) is 42.6 Å². The molecule has 2 aromatic heterocycles. The Morgan fingerprint density at radius 2 is 1.82 bits per heavy atom. The quantitative estimate of drug-likeness (QED) is 0.377. The molecule has 5 rings (SSSR count). The van der Waals surface area contributed by atoms with Crippen LogP contribution in [-0.2, 0) is 28.9 Å². The lowest BCUT2D eigenvalue weighted by Crippen LogP contribution is -2.34. The highest BCUT2D eigenvalue weighted by Crippen LogP contribution is 2.32. The van der Waals surface area contributed by atoms with Crippen LogP contribution in [0, 0.1) is 0 Å². The van der Waals surface area contributed by atoms with Crippen molar-refractivity contribution in [2.45, 2.75) is 32.2 Å². The van der Waals surface area contributed by atoms with Gasteiger partial charge in [-0.2, -0.15) is 5.10 Å². The van der Waals surface area contributed by atoms with Crippen LogP contribution in [0.1, 0.15) is 39.3 Å². The van der Waals surface area contributed by atoms with Gasteiger partial charge in [-0.3, -0.25) is 9.69 Å². The van der Waals surface area contributed by atoms with Crippen molar-refractivity contribution in [3.05, 3.63) is 88.9 Å². The molecule has 1 aliphatic carbocycles. The van der Waals surface area contributed by atoms with Crippen LogP contribution in [0.25, 0.3) is 5.69 Å². The standard InChI is InChI=1S/C25H23N5O3S/c31-23(15-33-24(32)19-10-12-20(13-11-19)30-17-26-16-27-30)29(14-18-6-2-1-3-7-18)25-28-21-8-4-5-9-22(21)34-25/h1-3,6-7,10-13,16-17H,4-5,8-9,14-15H2. The van der Waals surface area contributed by atoms with Gasteiger partial charge in [0.05, 0.1) is 23.5 Å². The van der Waals surface area contributed by atoms with Crippen LogP contribution >= 0.6 is 11.3 Å². The second-order valence-corrected chi connectivity index (χ2v) is 9.06. The van der Waals surface area contributed by atoms with E-state index in [9.17, 15) is 9.59 Å². The Kier molecular flexibility index (Phi) is 6.44.